The molecular weight excluding hydrogens is 286 g/mol. The van der Waals surface area contributed by atoms with E-state index in [1.54, 1.807) is 12.3 Å². The second-order valence-electron chi connectivity index (χ2n) is 5.38. The summed E-state index contributed by atoms with van der Waals surface area (Å²) < 4.78 is 5.34. The molecule has 112 valence electrons. The Labute approximate surface area is 128 Å². The number of aromatic hydroxyl groups is 2. The van der Waals surface area contributed by atoms with Crippen molar-refractivity contribution in [2.24, 2.45) is 0 Å². The number of hydrogen-bond donors (Lipinski definition) is 2. The van der Waals surface area contributed by atoms with Crippen LogP contribution in [-0.4, -0.2) is 35.3 Å². The molecule has 5 heteroatoms. The first kappa shape index (κ1) is 14.4. The molecule has 0 saturated carbocycles. The van der Waals surface area contributed by atoms with Crippen LogP contribution in [0.15, 0.2) is 33.8 Å². The molecule has 2 aromatic rings. The quantitative estimate of drug-likeness (QED) is 0.674. The van der Waals surface area contributed by atoms with E-state index < -0.39 is 0 Å². The Kier molecular flexibility index (Phi) is 4.12. The molecule has 0 saturated heterocycles. The lowest BCUT2D eigenvalue weighted by molar-refractivity contribution is 0.352. The minimum absolute atomic E-state index is 0.00476. The largest absolute Gasteiger partial charge is 0.504 e. The molecule has 0 spiro atoms. The maximum atomic E-state index is 10.2. The fraction of sp³-hybridized carbons (Fsp3) is 0.375. The predicted molar refractivity (Wildman–Crippen MR) is 82.9 cm³/mol. The Morgan fingerprint density at radius 2 is 2.10 bits per heavy atom. The van der Waals surface area contributed by atoms with E-state index in [1.165, 1.54) is 11.8 Å². The molecule has 1 aliphatic rings. The smallest absolute Gasteiger partial charge is 0.171 e. The van der Waals surface area contributed by atoms with Crippen LogP contribution in [0.25, 0.3) is 0 Å². The number of thioether (sulfide) groups is 1. The summed E-state index contributed by atoms with van der Waals surface area (Å²) in [6.45, 7) is 1.94. The van der Waals surface area contributed by atoms with Crippen LogP contribution in [0.1, 0.15) is 16.9 Å². The summed E-state index contributed by atoms with van der Waals surface area (Å²) in [5.41, 5.74) is 2.29. The predicted octanol–water partition coefficient (Wildman–Crippen LogP) is 3.01. The van der Waals surface area contributed by atoms with E-state index in [-0.39, 0.29) is 11.5 Å². The summed E-state index contributed by atoms with van der Waals surface area (Å²) in [5, 5.41) is 20.2. The van der Waals surface area contributed by atoms with Crippen molar-refractivity contribution in [3.63, 3.8) is 0 Å². The van der Waals surface area contributed by atoms with E-state index in [0.29, 0.717) is 5.75 Å². The van der Waals surface area contributed by atoms with E-state index in [0.717, 1.165) is 47.7 Å². The lowest BCUT2D eigenvalue weighted by atomic mass is 10.0. The molecular formula is C16H19NO3S. The van der Waals surface area contributed by atoms with Crippen LogP contribution < -0.4 is 0 Å². The van der Waals surface area contributed by atoms with Crippen LogP contribution in [0.3, 0.4) is 0 Å². The van der Waals surface area contributed by atoms with E-state index in [4.69, 9.17) is 4.42 Å². The van der Waals surface area contributed by atoms with Crippen molar-refractivity contribution in [2.45, 2.75) is 23.5 Å². The summed E-state index contributed by atoms with van der Waals surface area (Å²) >= 11 is 1.52. The van der Waals surface area contributed by atoms with Gasteiger partial charge >= 0.3 is 0 Å². The normalized spacial score (nSPS) is 15.7. The molecule has 0 aliphatic carbocycles. The number of phenols is 2. The first-order valence-electron chi connectivity index (χ1n) is 7.05. The van der Waals surface area contributed by atoms with Gasteiger partial charge in [0, 0.05) is 13.1 Å². The molecule has 21 heavy (non-hydrogen) atoms. The highest BCUT2D eigenvalue weighted by atomic mass is 32.2. The molecule has 0 bridgehead atoms. The highest BCUT2D eigenvalue weighted by Gasteiger charge is 2.21. The minimum Gasteiger partial charge on any atom is -0.504 e. The van der Waals surface area contributed by atoms with Crippen LogP contribution in [0.4, 0.5) is 0 Å². The number of likely N-dealkylation sites (N-methyl/N-ethyl adjacent to an activating group) is 1. The van der Waals surface area contributed by atoms with E-state index in [1.807, 2.05) is 12.1 Å². The Morgan fingerprint density at radius 3 is 2.86 bits per heavy atom. The zero-order chi connectivity index (χ0) is 14.8. The van der Waals surface area contributed by atoms with Gasteiger partial charge < -0.3 is 19.5 Å². The summed E-state index contributed by atoms with van der Waals surface area (Å²) in [7, 11) is 2.10. The third-order valence-corrected chi connectivity index (χ3v) is 5.03. The highest BCUT2D eigenvalue weighted by Crippen LogP contribution is 2.42. The Balaban J connectivity index is 1.92. The van der Waals surface area contributed by atoms with Gasteiger partial charge in [-0.05, 0) is 49.2 Å². The molecule has 1 aromatic carbocycles. The van der Waals surface area contributed by atoms with Crippen LogP contribution in [0.5, 0.6) is 11.5 Å². The van der Waals surface area contributed by atoms with Crippen molar-refractivity contribution in [1.82, 2.24) is 4.90 Å². The first-order valence-corrected chi connectivity index (χ1v) is 8.04. The van der Waals surface area contributed by atoms with Crippen molar-refractivity contribution in [3.05, 3.63) is 41.3 Å². The van der Waals surface area contributed by atoms with Crippen LogP contribution in [0, 0.1) is 0 Å². The number of benzene rings is 1. The Morgan fingerprint density at radius 1 is 1.29 bits per heavy atom. The third-order valence-electron chi connectivity index (χ3n) is 3.88. The van der Waals surface area contributed by atoms with Gasteiger partial charge in [-0.15, -0.1) is 11.8 Å². The molecule has 0 atom stereocenters. The number of hydrogen-bond acceptors (Lipinski definition) is 5. The Hall–Kier alpha value is -1.59. The van der Waals surface area contributed by atoms with Crippen molar-refractivity contribution in [1.29, 1.82) is 0 Å². The first-order chi connectivity index (χ1) is 10.1. The average molecular weight is 305 g/mol. The van der Waals surface area contributed by atoms with Gasteiger partial charge in [0.1, 0.15) is 5.76 Å². The van der Waals surface area contributed by atoms with E-state index in [2.05, 4.69) is 11.9 Å². The van der Waals surface area contributed by atoms with Gasteiger partial charge in [0.25, 0.3) is 0 Å². The fourth-order valence-corrected chi connectivity index (χ4v) is 3.74. The molecule has 1 aliphatic heterocycles. The van der Waals surface area contributed by atoms with Crippen LogP contribution in [0.2, 0.25) is 0 Å². The molecule has 0 unspecified atom stereocenters. The topological polar surface area (TPSA) is 56.8 Å². The summed E-state index contributed by atoms with van der Waals surface area (Å²) in [6, 6.07) is 5.48. The van der Waals surface area contributed by atoms with Crippen molar-refractivity contribution < 1.29 is 14.6 Å². The van der Waals surface area contributed by atoms with Crippen molar-refractivity contribution in [3.8, 4) is 11.5 Å². The van der Waals surface area contributed by atoms with Crippen molar-refractivity contribution in [2.75, 3.05) is 20.1 Å². The number of nitrogens with zero attached hydrogens (tertiary/aromatic N) is 1. The van der Waals surface area contributed by atoms with E-state index >= 15 is 0 Å². The van der Waals surface area contributed by atoms with Crippen LogP contribution >= 0.6 is 11.8 Å². The molecule has 2 N–H and O–H groups in total. The monoisotopic (exact) mass is 305 g/mol. The maximum Gasteiger partial charge on any atom is 0.171 e. The summed E-state index contributed by atoms with van der Waals surface area (Å²) in [6.07, 6.45) is 3.43. The van der Waals surface area contributed by atoms with Gasteiger partial charge in [-0.2, -0.15) is 0 Å². The van der Waals surface area contributed by atoms with Crippen molar-refractivity contribution >= 4 is 11.8 Å². The molecule has 2 heterocycles. The second-order valence-corrected chi connectivity index (χ2v) is 6.37. The molecule has 0 fully saturated rings. The SMILES string of the molecule is CN1CCc2cc(O)c(O)c(SCc3ccco3)c2CC1. The standard InChI is InChI=1S/C16H19NO3S/c1-17-6-4-11-9-14(18)15(19)16(13(11)5-7-17)21-10-12-3-2-8-20-12/h2-3,8-9,18-19H,4-7,10H2,1H3. The number of furan rings is 1. The summed E-state index contributed by atoms with van der Waals surface area (Å²) in [4.78, 5) is 3.06. The Bertz CT molecular complexity index is 625. The van der Waals surface area contributed by atoms with Gasteiger partial charge in [0.15, 0.2) is 11.5 Å². The number of phenolic OH excluding ortho intramolecular Hbond substituents is 2. The number of fused-ring (bicyclic) bond motifs is 1. The van der Waals surface area contributed by atoms with E-state index in [9.17, 15) is 10.2 Å². The van der Waals surface area contributed by atoms with Crippen LogP contribution in [-0.2, 0) is 18.6 Å². The third kappa shape index (κ3) is 3.04. The molecule has 0 amide bonds. The van der Waals surface area contributed by atoms with Gasteiger partial charge in [0.2, 0.25) is 0 Å². The average Bonchev–Trinajstić information content (AvgIpc) is 2.92. The number of rotatable bonds is 3. The molecule has 4 nitrogen and oxygen atoms in total. The molecule has 0 radical (unpaired) electrons. The lowest BCUT2D eigenvalue weighted by Gasteiger charge is -2.15. The molecule has 3 rings (SSSR count). The minimum atomic E-state index is -0.0275. The van der Waals surface area contributed by atoms with Gasteiger partial charge in [-0.3, -0.25) is 0 Å². The lowest BCUT2D eigenvalue weighted by Crippen LogP contribution is -2.20. The highest BCUT2D eigenvalue weighted by molar-refractivity contribution is 7.98. The zero-order valence-corrected chi connectivity index (χ0v) is 12.8. The zero-order valence-electron chi connectivity index (χ0n) is 12.0. The second kappa shape index (κ2) is 6.03. The maximum absolute atomic E-state index is 10.2. The summed E-state index contributed by atoms with van der Waals surface area (Å²) in [5.74, 6) is 1.48. The molecule has 1 aromatic heterocycles. The van der Waals surface area contributed by atoms with Gasteiger partial charge in [-0.1, -0.05) is 0 Å². The van der Waals surface area contributed by atoms with Gasteiger partial charge in [-0.25, -0.2) is 0 Å². The van der Waals surface area contributed by atoms with Gasteiger partial charge in [0.05, 0.1) is 16.9 Å². The fourth-order valence-electron chi connectivity index (χ4n) is 2.64.